The van der Waals surface area contributed by atoms with Gasteiger partial charge in [0.15, 0.2) is 6.04 Å². The van der Waals surface area contributed by atoms with Crippen molar-refractivity contribution in [2.45, 2.75) is 12.0 Å². The lowest BCUT2D eigenvalue weighted by Gasteiger charge is -2.16. The van der Waals surface area contributed by atoms with Crippen LogP contribution in [0.1, 0.15) is 27.4 Å². The van der Waals surface area contributed by atoms with Crippen LogP contribution >= 0.6 is 0 Å². The summed E-state index contributed by atoms with van der Waals surface area (Å²) in [5.41, 5.74) is 4.82. The molecule has 0 aromatic heterocycles. The van der Waals surface area contributed by atoms with Gasteiger partial charge in [-0.1, -0.05) is 48.5 Å². The highest BCUT2D eigenvalue weighted by atomic mass is 16.5. The zero-order valence-corrected chi connectivity index (χ0v) is 18.9. The number of nitrogens with one attached hydrogen (secondary N) is 2. The van der Waals surface area contributed by atoms with E-state index in [-0.39, 0.29) is 23.8 Å². The highest BCUT2D eigenvalue weighted by molar-refractivity contribution is 6.00. The lowest BCUT2D eigenvalue weighted by atomic mass is 9.98. The van der Waals surface area contributed by atoms with Crippen LogP contribution in [-0.2, 0) is 9.53 Å². The third kappa shape index (κ3) is 4.95. The van der Waals surface area contributed by atoms with Crippen molar-refractivity contribution in [3.63, 3.8) is 0 Å². The van der Waals surface area contributed by atoms with Crippen LogP contribution in [0.3, 0.4) is 0 Å². The van der Waals surface area contributed by atoms with Crippen molar-refractivity contribution in [1.82, 2.24) is 5.32 Å². The van der Waals surface area contributed by atoms with E-state index in [1.54, 1.807) is 0 Å². The van der Waals surface area contributed by atoms with Crippen LogP contribution < -0.4 is 15.4 Å². The summed E-state index contributed by atoms with van der Waals surface area (Å²) in [6, 6.07) is 18.9. The summed E-state index contributed by atoms with van der Waals surface area (Å²) >= 11 is 0. The Labute approximate surface area is 201 Å². The number of methoxy groups -OCH3 is 1. The van der Waals surface area contributed by atoms with Crippen molar-refractivity contribution in [2.75, 3.05) is 25.6 Å². The van der Waals surface area contributed by atoms with Crippen LogP contribution in [0, 0.1) is 0 Å². The lowest BCUT2D eigenvalue weighted by Crippen LogP contribution is -2.43. The second-order valence-electron chi connectivity index (χ2n) is 7.91. The average molecular weight is 476 g/mol. The molecule has 1 aliphatic rings. The fraction of sp³-hybridized carbons (Fsp3) is 0.192. The van der Waals surface area contributed by atoms with Crippen molar-refractivity contribution in [1.29, 1.82) is 0 Å². The molecule has 0 unspecified atom stereocenters. The number of carboxylic acids is 1. The van der Waals surface area contributed by atoms with E-state index >= 15 is 0 Å². The number of aliphatic carboxylic acids is 1. The first-order valence-electron chi connectivity index (χ1n) is 10.9. The van der Waals surface area contributed by atoms with Crippen molar-refractivity contribution in [3.8, 4) is 16.9 Å². The van der Waals surface area contributed by atoms with E-state index in [1.165, 1.54) is 25.3 Å². The van der Waals surface area contributed by atoms with E-state index in [4.69, 9.17) is 19.7 Å². The maximum absolute atomic E-state index is 12.5. The normalized spacial score (nSPS) is 12.7. The van der Waals surface area contributed by atoms with Crippen molar-refractivity contribution in [3.05, 3.63) is 83.4 Å². The van der Waals surface area contributed by atoms with Crippen LogP contribution in [0.25, 0.3) is 11.1 Å². The standard InChI is InChI=1S/C26H24N2O7/c1-34-23-12-15(10-11-20(23)24(30)28-22(13-29)25(31)32)27-26(33)35-14-21-18-8-4-2-6-16(18)17-7-3-5-9-19(17)21/h2-12,21-22,29H,13-14H2,1H3,(H,27,33)(H,28,30)(H,31,32)/t22-/m0/s1. The highest BCUT2D eigenvalue weighted by Gasteiger charge is 2.29. The molecule has 0 saturated carbocycles. The quantitative estimate of drug-likeness (QED) is 0.392. The SMILES string of the molecule is COc1cc(NC(=O)OCC2c3ccccc3-c3ccccc32)ccc1C(=O)N[C@@H](CO)C(=O)O. The molecule has 0 saturated heterocycles. The number of anilines is 1. The zero-order valence-electron chi connectivity index (χ0n) is 18.9. The third-order valence-corrected chi connectivity index (χ3v) is 5.82. The van der Waals surface area contributed by atoms with Crippen LogP contribution in [-0.4, -0.2) is 54.5 Å². The van der Waals surface area contributed by atoms with Gasteiger partial charge in [-0.25, -0.2) is 9.59 Å². The first-order valence-corrected chi connectivity index (χ1v) is 10.9. The summed E-state index contributed by atoms with van der Waals surface area (Å²) in [5.74, 6) is -2.08. The van der Waals surface area contributed by atoms with Crippen LogP contribution in [0.5, 0.6) is 5.75 Å². The van der Waals surface area contributed by atoms with Crippen LogP contribution in [0.4, 0.5) is 10.5 Å². The van der Waals surface area contributed by atoms with E-state index in [9.17, 15) is 14.4 Å². The van der Waals surface area contributed by atoms with Crippen LogP contribution in [0.15, 0.2) is 66.7 Å². The molecule has 0 aliphatic heterocycles. The Hall–Kier alpha value is -4.37. The molecular formula is C26H24N2O7. The molecule has 180 valence electrons. The molecule has 0 radical (unpaired) electrons. The van der Waals surface area contributed by atoms with E-state index in [1.807, 2.05) is 36.4 Å². The van der Waals surface area contributed by atoms with Crippen LogP contribution in [0.2, 0.25) is 0 Å². The third-order valence-electron chi connectivity index (χ3n) is 5.82. The van der Waals surface area contributed by atoms with Gasteiger partial charge >= 0.3 is 12.1 Å². The molecule has 0 spiro atoms. The maximum atomic E-state index is 12.5. The Morgan fingerprint density at radius 3 is 2.17 bits per heavy atom. The molecule has 3 aromatic rings. The van der Waals surface area contributed by atoms with Gasteiger partial charge in [0.2, 0.25) is 0 Å². The molecular weight excluding hydrogens is 452 g/mol. The van der Waals surface area contributed by atoms with E-state index in [0.717, 1.165) is 22.3 Å². The van der Waals surface area contributed by atoms with Crippen molar-refractivity contribution < 1.29 is 34.1 Å². The second-order valence-corrected chi connectivity index (χ2v) is 7.91. The predicted molar refractivity (Wildman–Crippen MR) is 128 cm³/mol. The number of benzene rings is 3. The number of hydrogen-bond acceptors (Lipinski definition) is 6. The fourth-order valence-corrected chi connectivity index (χ4v) is 4.13. The number of hydrogen-bond donors (Lipinski definition) is 4. The second kappa shape index (κ2) is 10.3. The van der Waals surface area contributed by atoms with E-state index in [0.29, 0.717) is 5.69 Å². The number of aliphatic hydroxyl groups is 1. The summed E-state index contributed by atoms with van der Waals surface area (Å²) < 4.78 is 10.7. The molecule has 0 bridgehead atoms. The Bertz CT molecular complexity index is 1230. The first-order chi connectivity index (χ1) is 16.9. The Kier molecular flexibility index (Phi) is 6.98. The van der Waals surface area contributed by atoms with Gasteiger partial charge < -0.3 is 25.0 Å². The zero-order chi connectivity index (χ0) is 24.9. The molecule has 4 N–H and O–H groups in total. The molecule has 3 aromatic carbocycles. The number of aliphatic hydroxyl groups excluding tert-OH is 1. The summed E-state index contributed by atoms with van der Waals surface area (Å²) in [6.45, 7) is -0.611. The summed E-state index contributed by atoms with van der Waals surface area (Å²) in [4.78, 5) is 36.0. The molecule has 4 rings (SSSR count). The molecule has 9 nitrogen and oxygen atoms in total. The van der Waals surface area contributed by atoms with E-state index < -0.39 is 30.6 Å². The fourth-order valence-electron chi connectivity index (χ4n) is 4.13. The topological polar surface area (TPSA) is 134 Å². The molecule has 9 heteroatoms. The minimum absolute atomic E-state index is 0.0466. The van der Waals surface area contributed by atoms with Gasteiger partial charge in [0.25, 0.3) is 5.91 Å². The number of carbonyl (C=O) groups is 3. The summed E-state index contributed by atoms with van der Waals surface area (Å²) in [5, 5.41) is 22.9. The number of rotatable bonds is 8. The molecule has 35 heavy (non-hydrogen) atoms. The van der Waals surface area contributed by atoms with E-state index in [2.05, 4.69) is 22.8 Å². The predicted octanol–water partition coefficient (Wildman–Crippen LogP) is 3.23. The molecule has 0 heterocycles. The molecule has 0 fully saturated rings. The van der Waals surface area contributed by atoms with Gasteiger partial charge in [0, 0.05) is 17.7 Å². The summed E-state index contributed by atoms with van der Waals surface area (Å²) in [6.07, 6.45) is -0.669. The monoisotopic (exact) mass is 476 g/mol. The minimum Gasteiger partial charge on any atom is -0.496 e. The molecule has 1 aliphatic carbocycles. The van der Waals surface area contributed by atoms with Gasteiger partial charge in [-0.2, -0.15) is 0 Å². The lowest BCUT2D eigenvalue weighted by molar-refractivity contribution is -0.140. The summed E-state index contributed by atoms with van der Waals surface area (Å²) in [7, 11) is 1.34. The smallest absolute Gasteiger partial charge is 0.411 e. The van der Waals surface area contributed by atoms with Crippen molar-refractivity contribution >= 4 is 23.7 Å². The highest BCUT2D eigenvalue weighted by Crippen LogP contribution is 2.44. The molecule has 1 atom stereocenters. The maximum Gasteiger partial charge on any atom is 0.411 e. The van der Waals surface area contributed by atoms with Gasteiger partial charge in [0.05, 0.1) is 19.3 Å². The first kappa shape index (κ1) is 23.8. The van der Waals surface area contributed by atoms with Gasteiger partial charge in [-0.3, -0.25) is 10.1 Å². The number of carbonyl (C=O) groups excluding carboxylic acids is 2. The van der Waals surface area contributed by atoms with Gasteiger partial charge in [-0.05, 0) is 34.4 Å². The Morgan fingerprint density at radius 2 is 1.60 bits per heavy atom. The Balaban J connectivity index is 1.43. The number of carboxylic acid groups (broad SMARTS) is 1. The minimum atomic E-state index is -1.45. The molecule has 2 amide bonds. The van der Waals surface area contributed by atoms with Gasteiger partial charge in [-0.15, -0.1) is 0 Å². The average Bonchev–Trinajstić information content (AvgIpc) is 3.19. The number of fused-ring (bicyclic) bond motifs is 3. The number of amides is 2. The van der Waals surface area contributed by atoms with Gasteiger partial charge in [0.1, 0.15) is 12.4 Å². The number of ether oxygens (including phenoxy) is 2. The van der Waals surface area contributed by atoms with Crippen molar-refractivity contribution in [2.24, 2.45) is 0 Å². The Morgan fingerprint density at radius 1 is 0.971 bits per heavy atom. The largest absolute Gasteiger partial charge is 0.496 e.